The molecule has 0 bridgehead atoms. The third-order valence-corrected chi connectivity index (χ3v) is 3.75. The van der Waals surface area contributed by atoms with Crippen LogP contribution in [0.2, 0.25) is 5.02 Å². The number of hydrogen-bond acceptors (Lipinski definition) is 5. The first-order valence-electron chi connectivity index (χ1n) is 7.00. The van der Waals surface area contributed by atoms with Crippen molar-refractivity contribution < 1.29 is 4.74 Å². The molecule has 2 N–H and O–H groups in total. The van der Waals surface area contributed by atoms with Crippen LogP contribution < -0.4 is 15.0 Å². The Morgan fingerprint density at radius 2 is 2.19 bits per heavy atom. The van der Waals surface area contributed by atoms with Gasteiger partial charge in [-0.2, -0.15) is 4.98 Å². The summed E-state index contributed by atoms with van der Waals surface area (Å²) in [5.74, 6) is 2.10. The number of nitrogens with zero attached hydrogens (tertiary/aromatic N) is 3. The SMILES string of the molecule is COc1cc(Cl)ccc1-c1nc(N2CCCNCC2)n[nH]1. The number of rotatable bonds is 3. The number of aromatic amines is 1. The minimum atomic E-state index is 0.633. The first-order valence-corrected chi connectivity index (χ1v) is 7.37. The van der Waals surface area contributed by atoms with Crippen molar-refractivity contribution in [2.75, 3.05) is 38.2 Å². The van der Waals surface area contributed by atoms with E-state index in [1.54, 1.807) is 13.2 Å². The predicted molar refractivity (Wildman–Crippen MR) is 83.1 cm³/mol. The van der Waals surface area contributed by atoms with Crippen LogP contribution in [0.1, 0.15) is 6.42 Å². The van der Waals surface area contributed by atoms with Crippen molar-refractivity contribution in [2.24, 2.45) is 0 Å². The largest absolute Gasteiger partial charge is 0.496 e. The molecule has 1 aliphatic rings. The van der Waals surface area contributed by atoms with E-state index in [0.29, 0.717) is 16.6 Å². The molecule has 1 aromatic carbocycles. The molecule has 0 atom stereocenters. The molecule has 1 saturated heterocycles. The van der Waals surface area contributed by atoms with Crippen LogP contribution in [-0.4, -0.2) is 48.5 Å². The van der Waals surface area contributed by atoms with E-state index in [0.717, 1.165) is 44.1 Å². The van der Waals surface area contributed by atoms with Crippen LogP contribution in [0, 0.1) is 0 Å². The van der Waals surface area contributed by atoms with Crippen LogP contribution in [0.5, 0.6) is 5.75 Å². The lowest BCUT2D eigenvalue weighted by Crippen LogP contribution is -2.28. The highest BCUT2D eigenvalue weighted by atomic mass is 35.5. The molecular formula is C14H18ClN5O. The molecule has 2 heterocycles. The number of anilines is 1. The fourth-order valence-corrected chi connectivity index (χ4v) is 2.58. The maximum absolute atomic E-state index is 5.99. The van der Waals surface area contributed by atoms with Gasteiger partial charge in [0.1, 0.15) is 5.75 Å². The van der Waals surface area contributed by atoms with Crippen LogP contribution in [-0.2, 0) is 0 Å². The molecule has 0 saturated carbocycles. The normalized spacial score (nSPS) is 15.8. The van der Waals surface area contributed by atoms with Gasteiger partial charge in [-0.15, -0.1) is 5.10 Å². The zero-order valence-electron chi connectivity index (χ0n) is 11.9. The Morgan fingerprint density at radius 1 is 1.29 bits per heavy atom. The number of ether oxygens (including phenoxy) is 1. The lowest BCUT2D eigenvalue weighted by molar-refractivity contribution is 0.416. The molecule has 1 aromatic heterocycles. The number of methoxy groups -OCH3 is 1. The van der Waals surface area contributed by atoms with E-state index in [4.69, 9.17) is 16.3 Å². The molecule has 21 heavy (non-hydrogen) atoms. The summed E-state index contributed by atoms with van der Waals surface area (Å²) in [6.45, 7) is 3.87. The van der Waals surface area contributed by atoms with Gasteiger partial charge < -0.3 is 15.0 Å². The predicted octanol–water partition coefficient (Wildman–Crippen LogP) is 1.93. The molecule has 6 nitrogen and oxygen atoms in total. The van der Waals surface area contributed by atoms with Crippen molar-refractivity contribution in [2.45, 2.75) is 6.42 Å². The molecule has 7 heteroatoms. The van der Waals surface area contributed by atoms with E-state index in [1.807, 2.05) is 12.1 Å². The third-order valence-electron chi connectivity index (χ3n) is 3.52. The van der Waals surface area contributed by atoms with E-state index >= 15 is 0 Å². The first kappa shape index (κ1) is 14.2. The minimum absolute atomic E-state index is 0.633. The van der Waals surface area contributed by atoms with E-state index in [-0.39, 0.29) is 0 Å². The molecular weight excluding hydrogens is 290 g/mol. The standard InChI is InChI=1S/C14H18ClN5O/c1-21-12-9-10(15)3-4-11(12)13-17-14(19-18-13)20-7-2-5-16-6-8-20/h3-4,9,16H,2,5-8H2,1H3,(H,17,18,19). The second-order valence-electron chi connectivity index (χ2n) is 4.92. The Bertz CT molecular complexity index is 607. The van der Waals surface area contributed by atoms with Crippen molar-refractivity contribution in [3.63, 3.8) is 0 Å². The highest BCUT2D eigenvalue weighted by Gasteiger charge is 2.16. The summed E-state index contributed by atoms with van der Waals surface area (Å²) in [6.07, 6.45) is 1.09. The zero-order chi connectivity index (χ0) is 14.7. The van der Waals surface area contributed by atoms with Crippen LogP contribution in [0.25, 0.3) is 11.4 Å². The molecule has 1 aliphatic heterocycles. The fraction of sp³-hybridized carbons (Fsp3) is 0.429. The highest BCUT2D eigenvalue weighted by molar-refractivity contribution is 6.30. The Kier molecular flexibility index (Phi) is 4.26. The summed E-state index contributed by atoms with van der Waals surface area (Å²) in [6, 6.07) is 5.47. The van der Waals surface area contributed by atoms with Gasteiger partial charge in [0, 0.05) is 24.7 Å². The maximum Gasteiger partial charge on any atom is 0.245 e. The number of nitrogens with one attached hydrogen (secondary N) is 2. The van der Waals surface area contributed by atoms with E-state index < -0.39 is 0 Å². The summed E-state index contributed by atoms with van der Waals surface area (Å²) < 4.78 is 5.36. The Labute approximate surface area is 128 Å². The van der Waals surface area contributed by atoms with Crippen molar-refractivity contribution in [1.82, 2.24) is 20.5 Å². The summed E-state index contributed by atoms with van der Waals surface area (Å²) in [5, 5.41) is 11.3. The number of hydrogen-bond donors (Lipinski definition) is 2. The van der Waals surface area contributed by atoms with Gasteiger partial charge in [-0.1, -0.05) is 11.6 Å². The number of halogens is 1. The molecule has 3 rings (SSSR count). The lowest BCUT2D eigenvalue weighted by atomic mass is 10.2. The minimum Gasteiger partial charge on any atom is -0.496 e. The number of H-pyrrole nitrogens is 1. The van der Waals surface area contributed by atoms with Crippen LogP contribution in [0.3, 0.4) is 0 Å². The topological polar surface area (TPSA) is 66.1 Å². The summed E-state index contributed by atoms with van der Waals surface area (Å²) in [7, 11) is 1.62. The fourth-order valence-electron chi connectivity index (χ4n) is 2.42. The smallest absolute Gasteiger partial charge is 0.245 e. The van der Waals surface area contributed by atoms with Gasteiger partial charge in [0.05, 0.1) is 12.7 Å². The molecule has 1 fully saturated rings. The monoisotopic (exact) mass is 307 g/mol. The number of benzene rings is 1. The molecule has 0 unspecified atom stereocenters. The summed E-state index contributed by atoms with van der Waals surface area (Å²) in [5.41, 5.74) is 0.855. The highest BCUT2D eigenvalue weighted by Crippen LogP contribution is 2.30. The second-order valence-corrected chi connectivity index (χ2v) is 5.36. The zero-order valence-corrected chi connectivity index (χ0v) is 12.7. The summed E-state index contributed by atoms with van der Waals surface area (Å²) in [4.78, 5) is 6.78. The first-order chi connectivity index (χ1) is 10.3. The Balaban J connectivity index is 1.87. The van der Waals surface area contributed by atoms with Crippen molar-refractivity contribution in [1.29, 1.82) is 0 Å². The van der Waals surface area contributed by atoms with Gasteiger partial charge in [-0.25, -0.2) is 0 Å². The average molecular weight is 308 g/mol. The van der Waals surface area contributed by atoms with E-state index in [9.17, 15) is 0 Å². The maximum atomic E-state index is 5.99. The van der Waals surface area contributed by atoms with Gasteiger partial charge in [0.2, 0.25) is 5.95 Å². The molecule has 0 aliphatic carbocycles. The van der Waals surface area contributed by atoms with Crippen LogP contribution in [0.15, 0.2) is 18.2 Å². The Hall–Kier alpha value is -1.79. The molecule has 0 radical (unpaired) electrons. The van der Waals surface area contributed by atoms with Crippen molar-refractivity contribution >= 4 is 17.5 Å². The van der Waals surface area contributed by atoms with Crippen LogP contribution >= 0.6 is 11.6 Å². The molecule has 112 valence electrons. The van der Waals surface area contributed by atoms with Crippen molar-refractivity contribution in [3.8, 4) is 17.1 Å². The van der Waals surface area contributed by atoms with Gasteiger partial charge >= 0.3 is 0 Å². The third kappa shape index (κ3) is 3.11. The van der Waals surface area contributed by atoms with E-state index in [1.165, 1.54) is 0 Å². The lowest BCUT2D eigenvalue weighted by Gasteiger charge is -2.16. The van der Waals surface area contributed by atoms with Crippen molar-refractivity contribution in [3.05, 3.63) is 23.2 Å². The van der Waals surface area contributed by atoms with E-state index in [2.05, 4.69) is 25.4 Å². The van der Waals surface area contributed by atoms with Gasteiger partial charge in [0.25, 0.3) is 0 Å². The molecule has 0 spiro atoms. The van der Waals surface area contributed by atoms with Crippen LogP contribution in [0.4, 0.5) is 5.95 Å². The average Bonchev–Trinajstić information content (AvgIpc) is 2.82. The molecule has 0 amide bonds. The van der Waals surface area contributed by atoms with Gasteiger partial charge in [-0.05, 0) is 31.2 Å². The Morgan fingerprint density at radius 3 is 3.05 bits per heavy atom. The van der Waals surface area contributed by atoms with Gasteiger partial charge in [0.15, 0.2) is 5.82 Å². The summed E-state index contributed by atoms with van der Waals surface area (Å²) >= 11 is 5.99. The quantitative estimate of drug-likeness (QED) is 0.907. The second kappa shape index (κ2) is 6.32. The van der Waals surface area contributed by atoms with Gasteiger partial charge in [-0.3, -0.25) is 5.10 Å². The molecule has 2 aromatic rings. The number of aromatic nitrogens is 3.